The molecule has 6 nitrogen and oxygen atoms in total. The third-order valence-electron chi connectivity index (χ3n) is 3.80. The Morgan fingerprint density at radius 3 is 2.74 bits per heavy atom. The Bertz CT molecular complexity index is 794. The number of benzene rings is 1. The number of rotatable bonds is 3. The van der Waals surface area contributed by atoms with Crippen molar-refractivity contribution in [3.05, 3.63) is 45.7 Å². The van der Waals surface area contributed by atoms with Gasteiger partial charge in [-0.1, -0.05) is 18.2 Å². The van der Waals surface area contributed by atoms with Crippen molar-refractivity contribution in [2.75, 3.05) is 18.2 Å². The maximum absolute atomic E-state index is 12.6. The number of ether oxygens (including phenoxy) is 1. The smallest absolute Gasteiger partial charge is 0.270 e. The summed E-state index contributed by atoms with van der Waals surface area (Å²) in [5, 5.41) is 5.43. The van der Waals surface area contributed by atoms with Crippen molar-refractivity contribution in [2.24, 2.45) is 0 Å². The molecule has 3 rings (SSSR count). The van der Waals surface area contributed by atoms with Crippen LogP contribution in [0.1, 0.15) is 36.3 Å². The van der Waals surface area contributed by atoms with E-state index >= 15 is 0 Å². The summed E-state index contributed by atoms with van der Waals surface area (Å²) in [4.78, 5) is 24.6. The van der Waals surface area contributed by atoms with Gasteiger partial charge in [0.15, 0.2) is 0 Å². The van der Waals surface area contributed by atoms with Crippen molar-refractivity contribution < 1.29 is 9.53 Å². The van der Waals surface area contributed by atoms with Crippen LogP contribution < -0.4 is 15.6 Å². The molecule has 1 aromatic heterocycles. The van der Waals surface area contributed by atoms with E-state index in [1.165, 1.54) is 11.8 Å². The van der Waals surface area contributed by atoms with Crippen LogP contribution in [-0.2, 0) is 4.79 Å². The van der Waals surface area contributed by atoms with Crippen LogP contribution in [0.4, 0.5) is 5.82 Å². The van der Waals surface area contributed by atoms with Gasteiger partial charge >= 0.3 is 0 Å². The summed E-state index contributed by atoms with van der Waals surface area (Å²) in [6.45, 7) is 3.91. The quantitative estimate of drug-likeness (QED) is 0.905. The van der Waals surface area contributed by atoms with Gasteiger partial charge in [-0.2, -0.15) is 0 Å². The zero-order chi connectivity index (χ0) is 16.6. The van der Waals surface area contributed by atoms with Crippen molar-refractivity contribution >= 4 is 23.5 Å². The van der Waals surface area contributed by atoms with Gasteiger partial charge in [0.1, 0.15) is 11.6 Å². The standard InChI is InChI=1S/C16H19N3O3S/c1-9(2)19-15-13(16(21)18-19)14(23-8-12(20)17-15)10-6-4-5-7-11(10)22-3/h4-7,9,14H,8H2,1-3H3,(H,17,20)(H,18,21). The number of amides is 1. The number of methoxy groups -OCH3 is 1. The summed E-state index contributed by atoms with van der Waals surface area (Å²) in [7, 11) is 1.61. The highest BCUT2D eigenvalue weighted by molar-refractivity contribution is 8.00. The first kappa shape index (κ1) is 15.7. The Kier molecular flexibility index (Phi) is 4.21. The SMILES string of the molecule is COc1ccccc1C1SCC(=O)Nc2c1c(=O)[nH]n2C(C)C. The molecule has 1 atom stereocenters. The number of carbonyl (C=O) groups is 1. The second kappa shape index (κ2) is 6.16. The fourth-order valence-corrected chi connectivity index (χ4v) is 3.91. The number of H-pyrrole nitrogens is 1. The summed E-state index contributed by atoms with van der Waals surface area (Å²) in [5.41, 5.74) is 1.28. The van der Waals surface area contributed by atoms with E-state index in [-0.39, 0.29) is 28.5 Å². The number of carbonyl (C=O) groups excluding carboxylic acids is 1. The average Bonchev–Trinajstić information content (AvgIpc) is 2.75. The molecule has 0 bridgehead atoms. The van der Waals surface area contributed by atoms with Crippen LogP contribution in [0.5, 0.6) is 5.75 Å². The van der Waals surface area contributed by atoms with Crippen LogP contribution in [0, 0.1) is 0 Å². The molecular formula is C16H19N3O3S. The number of hydrogen-bond acceptors (Lipinski definition) is 4. The van der Waals surface area contributed by atoms with Gasteiger partial charge < -0.3 is 10.1 Å². The molecule has 2 N–H and O–H groups in total. The number of para-hydroxylation sites is 1. The van der Waals surface area contributed by atoms with Gasteiger partial charge in [-0.15, -0.1) is 11.8 Å². The molecular weight excluding hydrogens is 314 g/mol. The molecule has 0 saturated carbocycles. The van der Waals surface area contributed by atoms with Gasteiger partial charge in [0.25, 0.3) is 5.56 Å². The van der Waals surface area contributed by atoms with Gasteiger partial charge in [-0.05, 0) is 19.9 Å². The van der Waals surface area contributed by atoms with Crippen LogP contribution in [0.2, 0.25) is 0 Å². The molecule has 0 radical (unpaired) electrons. The highest BCUT2D eigenvalue weighted by Gasteiger charge is 2.32. The molecule has 1 aliphatic rings. The normalized spacial score (nSPS) is 17.6. The molecule has 2 heterocycles. The Labute approximate surface area is 138 Å². The minimum atomic E-state index is -0.260. The number of thioether (sulfide) groups is 1. The molecule has 0 saturated heterocycles. The van der Waals surface area contributed by atoms with Crippen LogP contribution in [0.15, 0.2) is 29.1 Å². The fraction of sp³-hybridized carbons (Fsp3) is 0.375. The van der Waals surface area contributed by atoms with E-state index < -0.39 is 0 Å². The molecule has 7 heteroatoms. The second-order valence-corrected chi connectivity index (χ2v) is 6.74. The topological polar surface area (TPSA) is 76.1 Å². The third-order valence-corrected chi connectivity index (χ3v) is 5.05. The third kappa shape index (κ3) is 2.76. The maximum Gasteiger partial charge on any atom is 0.270 e. The highest BCUT2D eigenvalue weighted by Crippen LogP contribution is 2.43. The summed E-state index contributed by atoms with van der Waals surface area (Å²) in [5.74, 6) is 1.44. The molecule has 1 unspecified atom stereocenters. The number of nitrogens with zero attached hydrogens (tertiary/aromatic N) is 1. The second-order valence-electron chi connectivity index (χ2n) is 5.65. The predicted molar refractivity (Wildman–Crippen MR) is 91.4 cm³/mol. The van der Waals surface area contributed by atoms with E-state index in [2.05, 4.69) is 10.4 Å². The van der Waals surface area contributed by atoms with Crippen LogP contribution in [0.3, 0.4) is 0 Å². The van der Waals surface area contributed by atoms with E-state index in [4.69, 9.17) is 4.74 Å². The van der Waals surface area contributed by atoms with Crippen LogP contribution in [0.25, 0.3) is 0 Å². The van der Waals surface area contributed by atoms with Gasteiger partial charge in [0, 0.05) is 11.6 Å². The molecule has 0 fully saturated rings. The Hall–Kier alpha value is -2.15. The van der Waals surface area contributed by atoms with Crippen LogP contribution in [-0.4, -0.2) is 28.6 Å². The highest BCUT2D eigenvalue weighted by atomic mass is 32.2. The summed E-state index contributed by atoms with van der Waals surface area (Å²) in [6, 6.07) is 7.63. The van der Waals surface area contributed by atoms with Crippen molar-refractivity contribution in [3.8, 4) is 5.75 Å². The molecule has 1 aromatic carbocycles. The number of hydrogen-bond donors (Lipinski definition) is 2. The first-order valence-electron chi connectivity index (χ1n) is 7.41. The number of aromatic amines is 1. The number of fused-ring (bicyclic) bond motifs is 1. The van der Waals surface area contributed by atoms with E-state index in [0.29, 0.717) is 17.1 Å². The van der Waals surface area contributed by atoms with E-state index in [1.54, 1.807) is 11.8 Å². The largest absolute Gasteiger partial charge is 0.496 e. The molecule has 2 aromatic rings. The maximum atomic E-state index is 12.6. The van der Waals surface area contributed by atoms with Gasteiger partial charge in [0.05, 0.1) is 23.7 Å². The minimum Gasteiger partial charge on any atom is -0.496 e. The van der Waals surface area contributed by atoms with Gasteiger partial charge in [-0.3, -0.25) is 19.4 Å². The lowest BCUT2D eigenvalue weighted by Crippen LogP contribution is -2.17. The van der Waals surface area contributed by atoms with Crippen molar-refractivity contribution in [3.63, 3.8) is 0 Å². The lowest BCUT2D eigenvalue weighted by Gasteiger charge is -2.17. The lowest BCUT2D eigenvalue weighted by atomic mass is 10.1. The van der Waals surface area contributed by atoms with Crippen molar-refractivity contribution in [2.45, 2.75) is 25.1 Å². The first-order valence-corrected chi connectivity index (χ1v) is 8.46. The van der Waals surface area contributed by atoms with E-state index in [9.17, 15) is 9.59 Å². The minimum absolute atomic E-state index is 0.0353. The predicted octanol–water partition coefficient (Wildman–Crippen LogP) is 2.54. The van der Waals surface area contributed by atoms with Gasteiger partial charge in [-0.25, -0.2) is 0 Å². The first-order chi connectivity index (χ1) is 11.0. The van der Waals surface area contributed by atoms with Crippen LogP contribution >= 0.6 is 11.8 Å². The molecule has 122 valence electrons. The fourth-order valence-electron chi connectivity index (χ4n) is 2.76. The zero-order valence-corrected chi connectivity index (χ0v) is 14.1. The van der Waals surface area contributed by atoms with E-state index in [0.717, 1.165) is 5.56 Å². The Balaban J connectivity index is 2.21. The molecule has 1 amide bonds. The number of nitrogens with one attached hydrogen (secondary N) is 2. The molecule has 0 aliphatic carbocycles. The zero-order valence-electron chi connectivity index (χ0n) is 13.3. The number of anilines is 1. The average molecular weight is 333 g/mol. The molecule has 1 aliphatic heterocycles. The summed E-state index contributed by atoms with van der Waals surface area (Å²) >= 11 is 1.43. The Morgan fingerprint density at radius 2 is 2.04 bits per heavy atom. The summed E-state index contributed by atoms with van der Waals surface area (Å²) < 4.78 is 7.15. The number of aromatic nitrogens is 2. The summed E-state index contributed by atoms with van der Waals surface area (Å²) in [6.07, 6.45) is 0. The molecule has 0 spiro atoms. The molecule has 23 heavy (non-hydrogen) atoms. The van der Waals surface area contributed by atoms with Crippen molar-refractivity contribution in [1.29, 1.82) is 0 Å². The monoisotopic (exact) mass is 333 g/mol. The lowest BCUT2D eigenvalue weighted by molar-refractivity contribution is -0.113. The van der Waals surface area contributed by atoms with E-state index in [1.807, 2.05) is 38.1 Å². The van der Waals surface area contributed by atoms with Crippen molar-refractivity contribution in [1.82, 2.24) is 9.78 Å². The Morgan fingerprint density at radius 1 is 1.30 bits per heavy atom. The van der Waals surface area contributed by atoms with Gasteiger partial charge in [0.2, 0.25) is 5.91 Å².